The molecule has 0 heterocycles. The molecule has 20 heavy (non-hydrogen) atoms. The van der Waals surface area contributed by atoms with Gasteiger partial charge >= 0.3 is 0 Å². The average Bonchev–Trinajstić information content (AvgIpc) is 2.53. The Hall–Kier alpha value is -1.64. The summed E-state index contributed by atoms with van der Waals surface area (Å²) in [6, 6.07) is 17.2. The second-order valence-electron chi connectivity index (χ2n) is 5.14. The van der Waals surface area contributed by atoms with Crippen LogP contribution in [0.15, 0.2) is 48.5 Å². The lowest BCUT2D eigenvalue weighted by molar-refractivity contribution is 0.119. The number of methoxy groups -OCH3 is 1. The quantitative estimate of drug-likeness (QED) is 0.869. The maximum atomic E-state index is 6.04. The van der Waals surface area contributed by atoms with E-state index in [9.17, 15) is 0 Å². The minimum absolute atomic E-state index is 0.133. The maximum Gasteiger partial charge on any atom is 0.0793 e. The summed E-state index contributed by atoms with van der Waals surface area (Å²) < 4.78 is 5.32. The second kappa shape index (κ2) is 6.69. The van der Waals surface area contributed by atoms with Crippen molar-refractivity contribution in [2.45, 2.75) is 32.4 Å². The van der Waals surface area contributed by atoms with Gasteiger partial charge in [0.25, 0.3) is 0 Å². The Morgan fingerprint density at radius 2 is 1.35 bits per heavy atom. The molecule has 0 saturated carbocycles. The first kappa shape index (κ1) is 14.8. The van der Waals surface area contributed by atoms with Gasteiger partial charge in [0.1, 0.15) is 0 Å². The van der Waals surface area contributed by atoms with Crippen molar-refractivity contribution in [1.29, 1.82) is 0 Å². The molecule has 2 nitrogen and oxygen atoms in total. The van der Waals surface area contributed by atoms with Crippen molar-refractivity contribution in [3.63, 3.8) is 0 Å². The predicted octanol–water partition coefficient (Wildman–Crippen LogP) is 4.47. The Balaban J connectivity index is 2.19. The van der Waals surface area contributed by atoms with Crippen LogP contribution in [0, 0.1) is 0 Å². The van der Waals surface area contributed by atoms with Crippen LogP contribution in [-0.4, -0.2) is 7.11 Å². The largest absolute Gasteiger partial charge is 0.377 e. The van der Waals surface area contributed by atoms with Crippen LogP contribution < -0.4 is 5.73 Å². The first-order valence-corrected chi connectivity index (χ1v) is 7.14. The molecular weight excluding hydrogens is 246 g/mol. The van der Waals surface area contributed by atoms with Gasteiger partial charge in [0.05, 0.1) is 6.10 Å². The third kappa shape index (κ3) is 3.27. The van der Waals surface area contributed by atoms with Gasteiger partial charge < -0.3 is 10.5 Å². The summed E-state index contributed by atoms with van der Waals surface area (Å²) in [6.07, 6.45) is 1.09. The molecule has 0 amide bonds. The molecule has 2 N–H and O–H groups in total. The molecule has 0 aliphatic carbocycles. The Morgan fingerprint density at radius 1 is 0.900 bits per heavy atom. The van der Waals surface area contributed by atoms with Gasteiger partial charge in [-0.15, -0.1) is 0 Å². The lowest BCUT2D eigenvalue weighted by Gasteiger charge is -2.12. The molecule has 0 aromatic heterocycles. The molecule has 2 aromatic carbocycles. The van der Waals surface area contributed by atoms with Crippen molar-refractivity contribution in [1.82, 2.24) is 0 Å². The minimum Gasteiger partial charge on any atom is -0.377 e. The molecule has 0 aliphatic heterocycles. The van der Waals surface area contributed by atoms with Crippen molar-refractivity contribution in [3.8, 4) is 11.1 Å². The summed E-state index contributed by atoms with van der Waals surface area (Å²) in [7, 11) is 1.73. The van der Waals surface area contributed by atoms with Crippen molar-refractivity contribution in [2.24, 2.45) is 5.73 Å². The van der Waals surface area contributed by atoms with Gasteiger partial charge in [-0.05, 0) is 35.6 Å². The molecule has 2 heteroatoms. The van der Waals surface area contributed by atoms with Gasteiger partial charge in [0, 0.05) is 13.2 Å². The van der Waals surface area contributed by atoms with Gasteiger partial charge in [-0.25, -0.2) is 0 Å². The third-order valence-corrected chi connectivity index (χ3v) is 3.85. The van der Waals surface area contributed by atoms with E-state index in [1.54, 1.807) is 7.11 Å². The molecule has 0 aliphatic rings. The molecule has 106 valence electrons. The molecule has 2 atom stereocenters. The highest BCUT2D eigenvalue weighted by atomic mass is 16.5. The summed E-state index contributed by atoms with van der Waals surface area (Å²) in [6.45, 7) is 4.16. The van der Waals surface area contributed by atoms with Crippen molar-refractivity contribution in [2.75, 3.05) is 7.11 Å². The Labute approximate surface area is 121 Å². The lowest BCUT2D eigenvalue weighted by Crippen LogP contribution is -2.08. The van der Waals surface area contributed by atoms with Crippen LogP contribution >= 0.6 is 0 Å². The van der Waals surface area contributed by atoms with Crippen LogP contribution in [0.25, 0.3) is 11.1 Å². The number of nitrogens with two attached hydrogens (primary N) is 1. The average molecular weight is 269 g/mol. The Morgan fingerprint density at radius 3 is 1.75 bits per heavy atom. The van der Waals surface area contributed by atoms with E-state index in [0.29, 0.717) is 0 Å². The molecule has 0 radical (unpaired) electrons. The van der Waals surface area contributed by atoms with E-state index in [4.69, 9.17) is 10.5 Å². The minimum atomic E-state index is 0.133. The standard InChI is InChI=1S/C18H23NO/c1-4-18(19)17-11-9-16(10-12-17)15-7-5-14(6-8-15)13(2)20-3/h5-13,18H,4,19H2,1-3H3. The van der Waals surface area contributed by atoms with Crippen LogP contribution in [-0.2, 0) is 4.74 Å². The lowest BCUT2D eigenvalue weighted by atomic mass is 9.99. The zero-order valence-corrected chi connectivity index (χ0v) is 12.5. The first-order chi connectivity index (χ1) is 9.65. The van der Waals surface area contributed by atoms with E-state index in [1.807, 2.05) is 0 Å². The summed E-state index contributed by atoms with van der Waals surface area (Å²) >= 11 is 0. The molecule has 0 fully saturated rings. The molecule has 2 unspecified atom stereocenters. The maximum absolute atomic E-state index is 6.04. The number of hydrogen-bond donors (Lipinski definition) is 1. The highest BCUT2D eigenvalue weighted by Crippen LogP contribution is 2.24. The molecule has 2 aromatic rings. The smallest absolute Gasteiger partial charge is 0.0793 e. The fourth-order valence-corrected chi connectivity index (χ4v) is 2.24. The zero-order chi connectivity index (χ0) is 14.5. The molecular formula is C18H23NO. The topological polar surface area (TPSA) is 35.2 Å². The van der Waals surface area contributed by atoms with Gasteiger partial charge in [-0.1, -0.05) is 55.5 Å². The van der Waals surface area contributed by atoms with Gasteiger partial charge in [0.2, 0.25) is 0 Å². The van der Waals surface area contributed by atoms with Gasteiger partial charge in [-0.3, -0.25) is 0 Å². The van der Waals surface area contributed by atoms with Crippen LogP contribution in [0.1, 0.15) is 43.5 Å². The van der Waals surface area contributed by atoms with E-state index < -0.39 is 0 Å². The van der Waals surface area contributed by atoms with E-state index in [1.165, 1.54) is 22.3 Å². The summed E-state index contributed by atoms with van der Waals surface area (Å²) in [4.78, 5) is 0. The van der Waals surface area contributed by atoms with Crippen molar-refractivity contribution >= 4 is 0 Å². The second-order valence-corrected chi connectivity index (χ2v) is 5.14. The van der Waals surface area contributed by atoms with Gasteiger partial charge in [0.15, 0.2) is 0 Å². The van der Waals surface area contributed by atoms with E-state index in [2.05, 4.69) is 62.4 Å². The normalized spacial score (nSPS) is 14.0. The number of rotatable bonds is 5. The monoisotopic (exact) mass is 269 g/mol. The van der Waals surface area contributed by atoms with Crippen LogP contribution in [0.5, 0.6) is 0 Å². The van der Waals surface area contributed by atoms with E-state index in [0.717, 1.165) is 6.42 Å². The van der Waals surface area contributed by atoms with E-state index in [-0.39, 0.29) is 12.1 Å². The van der Waals surface area contributed by atoms with Crippen LogP contribution in [0.3, 0.4) is 0 Å². The first-order valence-electron chi connectivity index (χ1n) is 7.14. The molecule has 2 rings (SSSR count). The highest BCUT2D eigenvalue weighted by molar-refractivity contribution is 5.64. The van der Waals surface area contributed by atoms with Crippen molar-refractivity contribution in [3.05, 3.63) is 59.7 Å². The summed E-state index contributed by atoms with van der Waals surface area (Å²) in [5.74, 6) is 0. The van der Waals surface area contributed by atoms with Crippen LogP contribution in [0.4, 0.5) is 0 Å². The third-order valence-electron chi connectivity index (χ3n) is 3.85. The number of hydrogen-bond acceptors (Lipinski definition) is 2. The Bertz CT molecular complexity index is 479. The molecule has 0 spiro atoms. The van der Waals surface area contributed by atoms with Crippen LogP contribution in [0.2, 0.25) is 0 Å². The fourth-order valence-electron chi connectivity index (χ4n) is 2.24. The molecule has 0 bridgehead atoms. The molecule has 0 saturated heterocycles. The highest BCUT2D eigenvalue weighted by Gasteiger charge is 2.06. The van der Waals surface area contributed by atoms with Crippen molar-refractivity contribution < 1.29 is 4.74 Å². The fraction of sp³-hybridized carbons (Fsp3) is 0.333. The van der Waals surface area contributed by atoms with Gasteiger partial charge in [-0.2, -0.15) is 0 Å². The van der Waals surface area contributed by atoms with E-state index >= 15 is 0 Å². The summed E-state index contributed by atoms with van der Waals surface area (Å²) in [5.41, 5.74) is 10.9. The summed E-state index contributed by atoms with van der Waals surface area (Å²) in [5, 5.41) is 0. The predicted molar refractivity (Wildman–Crippen MR) is 84.5 cm³/mol. The number of ether oxygens (including phenoxy) is 1. The number of benzene rings is 2. The Kier molecular flexibility index (Phi) is 4.94. The SMILES string of the molecule is CCC(N)c1ccc(-c2ccc(C(C)OC)cc2)cc1. The zero-order valence-electron chi connectivity index (χ0n) is 12.5.